The minimum atomic E-state index is -3.03. The standard InChI is InChI=1S/C11H18N4O4S/c1-7(2)9(5-10(16)17)15-11(12-13-14-15)8-3-4-20(18,19)6-8/h7-9H,3-6H2,1-2H3,(H,16,17). The predicted octanol–water partition coefficient (Wildman–Crippen LogP) is 0.247. The Morgan fingerprint density at radius 1 is 1.50 bits per heavy atom. The number of carboxylic acids is 1. The molecule has 112 valence electrons. The molecule has 9 heteroatoms. The van der Waals surface area contributed by atoms with Crippen molar-refractivity contribution in [3.63, 3.8) is 0 Å². The molecule has 1 aromatic rings. The van der Waals surface area contributed by atoms with Crippen molar-refractivity contribution in [3.8, 4) is 0 Å². The molecular formula is C11H18N4O4S. The fourth-order valence-electron chi connectivity index (χ4n) is 2.49. The Kier molecular flexibility index (Phi) is 4.07. The van der Waals surface area contributed by atoms with Gasteiger partial charge in [-0.25, -0.2) is 13.1 Å². The molecule has 1 saturated heterocycles. The number of hydrogen-bond donors (Lipinski definition) is 1. The van der Waals surface area contributed by atoms with Gasteiger partial charge in [0.05, 0.1) is 24.0 Å². The lowest BCUT2D eigenvalue weighted by Crippen LogP contribution is -2.24. The Balaban J connectivity index is 2.29. The van der Waals surface area contributed by atoms with Crippen molar-refractivity contribution in [3.05, 3.63) is 5.82 Å². The third-order valence-corrected chi connectivity index (χ3v) is 5.35. The van der Waals surface area contributed by atoms with Crippen molar-refractivity contribution < 1.29 is 18.3 Å². The van der Waals surface area contributed by atoms with Crippen LogP contribution in [0.4, 0.5) is 0 Å². The van der Waals surface area contributed by atoms with E-state index in [2.05, 4.69) is 15.5 Å². The summed E-state index contributed by atoms with van der Waals surface area (Å²) >= 11 is 0. The van der Waals surface area contributed by atoms with E-state index in [4.69, 9.17) is 5.11 Å². The van der Waals surface area contributed by atoms with Crippen LogP contribution in [-0.2, 0) is 14.6 Å². The highest BCUT2D eigenvalue weighted by molar-refractivity contribution is 7.91. The highest BCUT2D eigenvalue weighted by Gasteiger charge is 2.35. The van der Waals surface area contributed by atoms with E-state index in [9.17, 15) is 13.2 Å². The van der Waals surface area contributed by atoms with Crippen molar-refractivity contribution in [1.29, 1.82) is 0 Å². The van der Waals surface area contributed by atoms with Crippen LogP contribution < -0.4 is 0 Å². The first-order chi connectivity index (χ1) is 9.30. The number of hydrogen-bond acceptors (Lipinski definition) is 6. The fourth-order valence-corrected chi connectivity index (χ4v) is 4.23. The summed E-state index contributed by atoms with van der Waals surface area (Å²) in [7, 11) is -3.03. The second-order valence-electron chi connectivity index (χ2n) is 5.49. The summed E-state index contributed by atoms with van der Waals surface area (Å²) < 4.78 is 24.6. The SMILES string of the molecule is CC(C)C(CC(=O)O)n1nnnc1C1CCS(=O)(=O)C1. The van der Waals surface area contributed by atoms with Crippen molar-refractivity contribution in [1.82, 2.24) is 20.2 Å². The number of aromatic nitrogens is 4. The molecular weight excluding hydrogens is 284 g/mol. The van der Waals surface area contributed by atoms with Gasteiger partial charge in [0.15, 0.2) is 15.7 Å². The lowest BCUT2D eigenvalue weighted by atomic mass is 10.00. The minimum absolute atomic E-state index is 0.0330. The van der Waals surface area contributed by atoms with Crippen LogP contribution in [0.2, 0.25) is 0 Å². The third kappa shape index (κ3) is 3.14. The van der Waals surface area contributed by atoms with E-state index < -0.39 is 15.8 Å². The maximum absolute atomic E-state index is 11.6. The average molecular weight is 302 g/mol. The molecule has 1 aliphatic rings. The minimum Gasteiger partial charge on any atom is -0.481 e. The molecule has 2 heterocycles. The van der Waals surface area contributed by atoms with Crippen molar-refractivity contribution in [2.24, 2.45) is 5.92 Å². The van der Waals surface area contributed by atoms with Gasteiger partial charge in [-0.3, -0.25) is 4.79 Å². The van der Waals surface area contributed by atoms with E-state index >= 15 is 0 Å². The zero-order valence-corrected chi connectivity index (χ0v) is 12.2. The van der Waals surface area contributed by atoms with Gasteiger partial charge in [0.1, 0.15) is 0 Å². The zero-order chi connectivity index (χ0) is 14.9. The fraction of sp³-hybridized carbons (Fsp3) is 0.818. The maximum Gasteiger partial charge on any atom is 0.305 e. The van der Waals surface area contributed by atoms with Gasteiger partial charge in [-0.15, -0.1) is 5.10 Å². The molecule has 1 aromatic heterocycles. The largest absolute Gasteiger partial charge is 0.481 e. The molecule has 0 bridgehead atoms. The van der Waals surface area contributed by atoms with Crippen LogP contribution in [0.15, 0.2) is 0 Å². The molecule has 0 saturated carbocycles. The first-order valence-electron chi connectivity index (χ1n) is 6.50. The normalized spacial score (nSPS) is 23.1. The Morgan fingerprint density at radius 3 is 2.70 bits per heavy atom. The van der Waals surface area contributed by atoms with Crippen molar-refractivity contribution >= 4 is 15.8 Å². The van der Waals surface area contributed by atoms with Gasteiger partial charge in [0.25, 0.3) is 0 Å². The van der Waals surface area contributed by atoms with Gasteiger partial charge in [-0.05, 0) is 22.8 Å². The number of tetrazole rings is 1. The second-order valence-corrected chi connectivity index (χ2v) is 7.72. The first-order valence-corrected chi connectivity index (χ1v) is 8.32. The highest BCUT2D eigenvalue weighted by atomic mass is 32.2. The summed E-state index contributed by atoms with van der Waals surface area (Å²) in [5.41, 5.74) is 0. The topological polar surface area (TPSA) is 115 Å². The zero-order valence-electron chi connectivity index (χ0n) is 11.4. The molecule has 0 aliphatic carbocycles. The summed E-state index contributed by atoms with van der Waals surface area (Å²) in [6, 6.07) is -0.374. The molecule has 2 atom stereocenters. The van der Waals surface area contributed by atoms with Gasteiger partial charge in [0.2, 0.25) is 0 Å². The van der Waals surface area contributed by atoms with E-state index in [0.717, 1.165) is 0 Å². The van der Waals surface area contributed by atoms with E-state index in [1.54, 1.807) is 0 Å². The van der Waals surface area contributed by atoms with Gasteiger partial charge in [-0.1, -0.05) is 13.8 Å². The third-order valence-electron chi connectivity index (χ3n) is 3.58. The van der Waals surface area contributed by atoms with Gasteiger partial charge < -0.3 is 5.11 Å². The Labute approximate surface area is 117 Å². The average Bonchev–Trinajstić information content (AvgIpc) is 2.91. The molecule has 1 N–H and O–H groups in total. The van der Waals surface area contributed by atoms with E-state index in [1.165, 1.54) is 4.68 Å². The molecule has 0 aromatic carbocycles. The summed E-state index contributed by atoms with van der Waals surface area (Å²) in [6.45, 7) is 3.79. The van der Waals surface area contributed by atoms with Crippen LogP contribution >= 0.6 is 0 Å². The maximum atomic E-state index is 11.6. The summed E-state index contributed by atoms with van der Waals surface area (Å²) in [6.07, 6.45) is 0.399. The van der Waals surface area contributed by atoms with Gasteiger partial charge in [-0.2, -0.15) is 0 Å². The van der Waals surface area contributed by atoms with Crippen LogP contribution in [-0.4, -0.2) is 51.2 Å². The van der Waals surface area contributed by atoms with Crippen LogP contribution in [0.1, 0.15) is 44.5 Å². The van der Waals surface area contributed by atoms with E-state index in [-0.39, 0.29) is 35.8 Å². The van der Waals surface area contributed by atoms with E-state index in [0.29, 0.717) is 12.2 Å². The Hall–Kier alpha value is -1.51. The lowest BCUT2D eigenvalue weighted by Gasteiger charge is -2.21. The smallest absolute Gasteiger partial charge is 0.305 e. The molecule has 8 nitrogen and oxygen atoms in total. The number of rotatable bonds is 5. The molecule has 0 spiro atoms. The summed E-state index contributed by atoms with van der Waals surface area (Å²) in [5, 5.41) is 20.4. The number of aliphatic carboxylic acids is 1. The van der Waals surface area contributed by atoms with Crippen LogP contribution in [0.25, 0.3) is 0 Å². The van der Waals surface area contributed by atoms with Gasteiger partial charge in [0, 0.05) is 5.92 Å². The number of carboxylic acid groups (broad SMARTS) is 1. The van der Waals surface area contributed by atoms with E-state index in [1.807, 2.05) is 13.8 Å². The molecule has 2 rings (SSSR count). The monoisotopic (exact) mass is 302 g/mol. The van der Waals surface area contributed by atoms with Crippen LogP contribution in [0.3, 0.4) is 0 Å². The number of nitrogens with zero attached hydrogens (tertiary/aromatic N) is 4. The summed E-state index contributed by atoms with van der Waals surface area (Å²) in [4.78, 5) is 11.0. The molecule has 0 radical (unpaired) electrons. The highest BCUT2D eigenvalue weighted by Crippen LogP contribution is 2.30. The Bertz CT molecular complexity index is 595. The lowest BCUT2D eigenvalue weighted by molar-refractivity contribution is -0.138. The Morgan fingerprint density at radius 2 is 2.20 bits per heavy atom. The summed E-state index contributed by atoms with van der Waals surface area (Å²) in [5.74, 6) is -0.493. The molecule has 1 aliphatic heterocycles. The molecule has 2 unspecified atom stereocenters. The van der Waals surface area contributed by atoms with Crippen LogP contribution in [0.5, 0.6) is 0 Å². The molecule has 20 heavy (non-hydrogen) atoms. The predicted molar refractivity (Wildman–Crippen MR) is 70.0 cm³/mol. The van der Waals surface area contributed by atoms with Crippen molar-refractivity contribution in [2.45, 2.75) is 38.6 Å². The van der Waals surface area contributed by atoms with Crippen LogP contribution in [0, 0.1) is 5.92 Å². The number of sulfone groups is 1. The molecule has 1 fully saturated rings. The van der Waals surface area contributed by atoms with Gasteiger partial charge >= 0.3 is 5.97 Å². The second kappa shape index (κ2) is 5.47. The molecule has 0 amide bonds. The first kappa shape index (κ1) is 14.9. The number of carbonyl (C=O) groups is 1. The quantitative estimate of drug-likeness (QED) is 0.828. The van der Waals surface area contributed by atoms with Crippen molar-refractivity contribution in [2.75, 3.05) is 11.5 Å².